The first-order valence-corrected chi connectivity index (χ1v) is 10.5. The second-order valence-electron chi connectivity index (χ2n) is 6.85. The highest BCUT2D eigenvalue weighted by Gasteiger charge is 2.14. The molecule has 1 N–H and O–H groups in total. The number of rotatable bonds is 6. The van der Waals surface area contributed by atoms with Gasteiger partial charge in [-0.15, -0.1) is 11.3 Å². The van der Waals surface area contributed by atoms with Crippen LogP contribution >= 0.6 is 22.9 Å². The topological polar surface area (TPSA) is 64.0 Å². The van der Waals surface area contributed by atoms with Crippen LogP contribution in [0.2, 0.25) is 4.34 Å². The minimum absolute atomic E-state index is 0.0638. The molecular weight excluding hydrogens is 394 g/mol. The van der Waals surface area contributed by atoms with Crippen molar-refractivity contribution in [2.24, 2.45) is 0 Å². The first-order valence-electron chi connectivity index (χ1n) is 9.33. The molecule has 144 valence electrons. The summed E-state index contributed by atoms with van der Waals surface area (Å²) in [5.74, 6) is 0.905. The van der Waals surface area contributed by atoms with Gasteiger partial charge >= 0.3 is 0 Å². The molecule has 1 aromatic carbocycles. The van der Waals surface area contributed by atoms with Crippen LogP contribution in [-0.4, -0.2) is 21.2 Å². The largest absolute Gasteiger partial charge is 0.334 e. The van der Waals surface area contributed by atoms with Crippen molar-refractivity contribution in [1.82, 2.24) is 9.55 Å². The van der Waals surface area contributed by atoms with Crippen molar-refractivity contribution in [2.45, 2.75) is 38.6 Å². The first-order chi connectivity index (χ1) is 13.6. The van der Waals surface area contributed by atoms with Crippen molar-refractivity contribution in [3.63, 3.8) is 0 Å². The number of amides is 1. The third kappa shape index (κ3) is 4.34. The van der Waals surface area contributed by atoms with Gasteiger partial charge in [0, 0.05) is 43.3 Å². The molecule has 2 aromatic heterocycles. The number of hydrogen-bond donors (Lipinski definition) is 1. The number of imidazole rings is 1. The van der Waals surface area contributed by atoms with Crippen LogP contribution in [-0.2, 0) is 17.8 Å². The van der Waals surface area contributed by atoms with E-state index >= 15 is 0 Å². The van der Waals surface area contributed by atoms with E-state index in [1.165, 1.54) is 24.2 Å². The Morgan fingerprint density at radius 2 is 1.93 bits per heavy atom. The Labute approximate surface area is 172 Å². The van der Waals surface area contributed by atoms with E-state index in [4.69, 9.17) is 16.6 Å². The highest BCUT2D eigenvalue weighted by Crippen LogP contribution is 2.25. The van der Waals surface area contributed by atoms with Crippen molar-refractivity contribution < 1.29 is 9.59 Å². The third-order valence-electron chi connectivity index (χ3n) is 4.80. The molecule has 1 aliphatic heterocycles. The Morgan fingerprint density at radius 3 is 2.64 bits per heavy atom. The van der Waals surface area contributed by atoms with Crippen LogP contribution in [0.4, 0.5) is 5.69 Å². The molecule has 28 heavy (non-hydrogen) atoms. The summed E-state index contributed by atoms with van der Waals surface area (Å²) < 4.78 is 2.80. The van der Waals surface area contributed by atoms with Crippen molar-refractivity contribution in [3.8, 4) is 11.3 Å². The zero-order valence-corrected chi connectivity index (χ0v) is 16.9. The number of hydrogen-bond acceptors (Lipinski definition) is 4. The Balaban J connectivity index is 1.33. The molecule has 0 fully saturated rings. The number of nitrogens with zero attached hydrogens (tertiary/aromatic N) is 2. The average molecular weight is 414 g/mol. The number of thiophene rings is 1. The summed E-state index contributed by atoms with van der Waals surface area (Å²) in [4.78, 5) is 29.5. The van der Waals surface area contributed by atoms with Crippen LogP contribution in [0.5, 0.6) is 0 Å². The molecule has 0 radical (unpaired) electrons. The van der Waals surface area contributed by atoms with Crippen LogP contribution < -0.4 is 5.32 Å². The highest BCUT2D eigenvalue weighted by atomic mass is 35.5. The normalized spacial score (nSPS) is 13.2. The molecule has 4 rings (SSSR count). The molecule has 0 atom stereocenters. The molecule has 0 saturated heterocycles. The zero-order valence-electron chi connectivity index (χ0n) is 15.3. The summed E-state index contributed by atoms with van der Waals surface area (Å²) in [6.07, 6.45) is 5.85. The Morgan fingerprint density at radius 1 is 1.11 bits per heavy atom. The number of halogens is 1. The van der Waals surface area contributed by atoms with Gasteiger partial charge in [0.15, 0.2) is 5.78 Å². The zero-order chi connectivity index (χ0) is 19.5. The quantitative estimate of drug-likeness (QED) is 0.564. The van der Waals surface area contributed by atoms with E-state index in [-0.39, 0.29) is 24.5 Å². The predicted octanol–water partition coefficient (Wildman–Crippen LogP) is 5.20. The van der Waals surface area contributed by atoms with E-state index < -0.39 is 0 Å². The molecule has 3 aromatic rings. The highest BCUT2D eigenvalue weighted by molar-refractivity contribution is 7.18. The average Bonchev–Trinajstić information content (AvgIpc) is 3.33. The molecule has 0 saturated carbocycles. The number of carbonyl (C=O) groups excluding carboxylic acids is 2. The maximum atomic E-state index is 12.1. The summed E-state index contributed by atoms with van der Waals surface area (Å²) in [6, 6.07) is 11.0. The minimum Gasteiger partial charge on any atom is -0.334 e. The van der Waals surface area contributed by atoms with Gasteiger partial charge < -0.3 is 9.88 Å². The van der Waals surface area contributed by atoms with Gasteiger partial charge in [0.25, 0.3) is 0 Å². The van der Waals surface area contributed by atoms with E-state index in [2.05, 4.69) is 16.1 Å². The van der Waals surface area contributed by atoms with Gasteiger partial charge in [-0.25, -0.2) is 4.98 Å². The number of anilines is 1. The third-order valence-corrected chi connectivity index (χ3v) is 6.07. The fourth-order valence-corrected chi connectivity index (χ4v) is 4.32. The van der Waals surface area contributed by atoms with E-state index in [0.29, 0.717) is 14.9 Å². The number of aromatic nitrogens is 2. The second kappa shape index (κ2) is 8.29. The van der Waals surface area contributed by atoms with Gasteiger partial charge in [0.05, 0.1) is 14.9 Å². The van der Waals surface area contributed by atoms with Gasteiger partial charge in [-0.2, -0.15) is 0 Å². The van der Waals surface area contributed by atoms with Crippen LogP contribution in [0, 0.1) is 0 Å². The van der Waals surface area contributed by atoms with E-state index in [9.17, 15) is 9.59 Å². The fourth-order valence-electron chi connectivity index (χ4n) is 3.31. The lowest BCUT2D eigenvalue weighted by atomic mass is 10.1. The number of Topliss-reactive ketones (excluding diaryl/α,β-unsaturated/α-hetero) is 1. The summed E-state index contributed by atoms with van der Waals surface area (Å²) in [5.41, 5.74) is 2.71. The first kappa shape index (κ1) is 18.9. The van der Waals surface area contributed by atoms with Gasteiger partial charge in [-0.1, -0.05) is 23.7 Å². The number of nitrogens with one attached hydrogen (secondary N) is 1. The van der Waals surface area contributed by atoms with Crippen molar-refractivity contribution in [1.29, 1.82) is 0 Å². The molecule has 3 heterocycles. The lowest BCUT2D eigenvalue weighted by Crippen LogP contribution is -2.13. The molecule has 7 heteroatoms. The number of ketones is 1. The maximum Gasteiger partial charge on any atom is 0.224 e. The summed E-state index contributed by atoms with van der Waals surface area (Å²) in [5, 5.41) is 2.84. The van der Waals surface area contributed by atoms with Crippen LogP contribution in [0.15, 0.2) is 42.6 Å². The Kier molecular flexibility index (Phi) is 5.59. The SMILES string of the molecule is O=C(CCC(=O)c1ccc(Cl)s1)Nc1ccc(-c2cn3c(n2)CCCC3)cc1. The minimum atomic E-state index is -0.179. The lowest BCUT2D eigenvalue weighted by Gasteiger charge is -2.11. The smallest absolute Gasteiger partial charge is 0.224 e. The van der Waals surface area contributed by atoms with Crippen LogP contribution in [0.25, 0.3) is 11.3 Å². The van der Waals surface area contributed by atoms with Crippen LogP contribution in [0.3, 0.4) is 0 Å². The number of fused-ring (bicyclic) bond motifs is 1. The molecule has 1 aliphatic rings. The number of carbonyl (C=O) groups is 2. The number of aryl methyl sites for hydroxylation is 2. The molecule has 1 amide bonds. The predicted molar refractivity (Wildman–Crippen MR) is 112 cm³/mol. The van der Waals surface area contributed by atoms with Gasteiger partial charge in [-0.3, -0.25) is 9.59 Å². The monoisotopic (exact) mass is 413 g/mol. The van der Waals surface area contributed by atoms with E-state index in [1.54, 1.807) is 12.1 Å². The molecule has 0 bridgehead atoms. The van der Waals surface area contributed by atoms with Crippen LogP contribution in [0.1, 0.15) is 41.2 Å². The van der Waals surface area contributed by atoms with Crippen molar-refractivity contribution in [3.05, 3.63) is 57.6 Å². The molecule has 0 unspecified atom stereocenters. The molecule has 0 spiro atoms. The van der Waals surface area contributed by atoms with Gasteiger partial charge in [0.1, 0.15) is 5.82 Å². The van der Waals surface area contributed by atoms with E-state index in [0.717, 1.165) is 30.0 Å². The van der Waals surface area contributed by atoms with Gasteiger partial charge in [0.2, 0.25) is 5.91 Å². The lowest BCUT2D eigenvalue weighted by molar-refractivity contribution is -0.116. The Hall–Kier alpha value is -2.44. The van der Waals surface area contributed by atoms with Gasteiger partial charge in [-0.05, 0) is 37.1 Å². The number of benzene rings is 1. The summed E-state index contributed by atoms with van der Waals surface area (Å²) >= 11 is 7.08. The molecule has 5 nitrogen and oxygen atoms in total. The summed E-state index contributed by atoms with van der Waals surface area (Å²) in [6.45, 7) is 1.03. The summed E-state index contributed by atoms with van der Waals surface area (Å²) in [7, 11) is 0. The molecule has 0 aliphatic carbocycles. The van der Waals surface area contributed by atoms with Crippen molar-refractivity contribution in [2.75, 3.05) is 5.32 Å². The standard InChI is InChI=1S/C21H20ClN3O2S/c22-19-10-9-18(28-19)17(26)8-11-21(27)23-15-6-4-14(5-7-15)16-13-25-12-2-1-3-20(25)24-16/h4-7,9-10,13H,1-3,8,11-12H2,(H,23,27). The molecular formula is C21H20ClN3O2S. The van der Waals surface area contributed by atoms with E-state index in [1.807, 2.05) is 24.3 Å². The maximum absolute atomic E-state index is 12.1. The fraction of sp³-hybridized carbons (Fsp3) is 0.286. The second-order valence-corrected chi connectivity index (χ2v) is 8.56. The van der Waals surface area contributed by atoms with Crippen molar-refractivity contribution >= 4 is 40.3 Å². The Bertz CT molecular complexity index is 984.